The summed E-state index contributed by atoms with van der Waals surface area (Å²) in [4.78, 5) is 31.2. The van der Waals surface area contributed by atoms with Gasteiger partial charge in [-0.05, 0) is 121 Å². The highest BCUT2D eigenvalue weighted by Crippen LogP contribution is 2.17. The van der Waals surface area contributed by atoms with Crippen molar-refractivity contribution in [3.8, 4) is 0 Å². The number of H-pyrrole nitrogens is 2. The van der Waals surface area contributed by atoms with Crippen molar-refractivity contribution in [2.75, 3.05) is 0 Å². The van der Waals surface area contributed by atoms with Crippen LogP contribution in [-0.2, 0) is 0 Å². The molecule has 9 rings (SSSR count). The highest BCUT2D eigenvalue weighted by atomic mass is 14.8. The zero-order valence-electron chi connectivity index (χ0n) is 26.2. The molecular weight excluding hydrogens is 592 g/mol. The molecule has 48 heavy (non-hydrogen) atoms. The van der Waals surface area contributed by atoms with Crippen LogP contribution < -0.4 is 0 Å². The summed E-state index contributed by atoms with van der Waals surface area (Å²) in [7, 11) is 0. The first kappa shape index (κ1) is 32.6. The summed E-state index contributed by atoms with van der Waals surface area (Å²) in [5, 5.41) is 0. The van der Waals surface area contributed by atoms with Gasteiger partial charge in [0.05, 0.1) is 22.8 Å². The SMILES string of the molecule is C1=Cc2cc3ccc(cc4ccc(cc5nc(cc1n2)C=C5)[nH]4)[nH]3.c1ccncc1.c1ccncc1.c1ccncc1.c1ccncc1. The molecule has 2 aliphatic heterocycles. The number of hydrogen-bond donors (Lipinski definition) is 2. The zero-order chi connectivity index (χ0) is 32.9. The Bertz CT molecular complexity index is 1800. The van der Waals surface area contributed by atoms with Crippen LogP contribution in [0, 0.1) is 0 Å². The van der Waals surface area contributed by atoms with E-state index in [2.05, 4.69) is 70.2 Å². The Hall–Kier alpha value is -6.80. The fourth-order valence-electron chi connectivity index (χ4n) is 4.19. The van der Waals surface area contributed by atoms with E-state index in [9.17, 15) is 0 Å². The average Bonchev–Trinajstić information content (AvgIpc) is 4.00. The predicted molar refractivity (Wildman–Crippen MR) is 196 cm³/mol. The summed E-state index contributed by atoms with van der Waals surface area (Å²) in [5.74, 6) is 0. The predicted octanol–water partition coefficient (Wildman–Crippen LogP) is 8.98. The molecule has 0 saturated carbocycles. The van der Waals surface area contributed by atoms with Gasteiger partial charge < -0.3 is 9.97 Å². The van der Waals surface area contributed by atoms with Crippen molar-refractivity contribution in [1.82, 2.24) is 39.9 Å². The number of rotatable bonds is 0. The quantitative estimate of drug-likeness (QED) is 0.174. The third kappa shape index (κ3) is 11.9. The van der Waals surface area contributed by atoms with E-state index >= 15 is 0 Å². The molecule has 2 aliphatic rings. The second kappa shape index (κ2) is 18.9. The largest absolute Gasteiger partial charge is 0.355 e. The van der Waals surface area contributed by atoms with Gasteiger partial charge in [0.25, 0.3) is 0 Å². The van der Waals surface area contributed by atoms with E-state index in [0.717, 1.165) is 44.8 Å². The van der Waals surface area contributed by atoms with Crippen molar-refractivity contribution >= 4 is 46.4 Å². The Balaban J connectivity index is 0.000000151. The highest BCUT2D eigenvalue weighted by Gasteiger charge is 2.02. The van der Waals surface area contributed by atoms with Crippen LogP contribution in [0.25, 0.3) is 46.4 Å². The first-order valence-electron chi connectivity index (χ1n) is 15.2. The Morgan fingerprint density at radius 2 is 0.562 bits per heavy atom. The molecule has 0 aliphatic carbocycles. The molecule has 2 N–H and O–H groups in total. The summed E-state index contributed by atoms with van der Waals surface area (Å²) in [6.45, 7) is 0. The van der Waals surface area contributed by atoms with Gasteiger partial charge >= 0.3 is 0 Å². The van der Waals surface area contributed by atoms with Crippen molar-refractivity contribution in [3.63, 3.8) is 0 Å². The summed E-state index contributed by atoms with van der Waals surface area (Å²) in [6, 6.07) is 39.3. The molecule has 0 saturated heterocycles. The third-order valence-electron chi connectivity index (χ3n) is 6.31. The highest BCUT2D eigenvalue weighted by molar-refractivity contribution is 5.77. The molecule has 7 aromatic heterocycles. The van der Waals surface area contributed by atoms with Crippen LogP contribution in [0.5, 0.6) is 0 Å². The number of nitrogens with one attached hydrogen (secondary N) is 2. The second-order valence-corrected chi connectivity index (χ2v) is 10.0. The van der Waals surface area contributed by atoms with Crippen LogP contribution in [-0.4, -0.2) is 39.9 Å². The van der Waals surface area contributed by atoms with Crippen molar-refractivity contribution in [1.29, 1.82) is 0 Å². The third-order valence-corrected chi connectivity index (χ3v) is 6.31. The minimum atomic E-state index is 0.915. The number of aromatic nitrogens is 8. The number of hydrogen-bond acceptors (Lipinski definition) is 6. The number of aromatic amines is 2. The minimum Gasteiger partial charge on any atom is -0.355 e. The molecule has 234 valence electrons. The van der Waals surface area contributed by atoms with E-state index in [1.54, 1.807) is 49.6 Å². The Morgan fingerprint density at radius 1 is 0.292 bits per heavy atom. The van der Waals surface area contributed by atoms with Crippen LogP contribution in [0.1, 0.15) is 22.8 Å². The van der Waals surface area contributed by atoms with E-state index in [0.29, 0.717) is 0 Å². The summed E-state index contributed by atoms with van der Waals surface area (Å²) >= 11 is 0. The van der Waals surface area contributed by atoms with Crippen LogP contribution >= 0.6 is 0 Å². The van der Waals surface area contributed by atoms with Crippen molar-refractivity contribution in [2.45, 2.75) is 0 Å². The molecule has 0 unspecified atom stereocenters. The molecular formula is C40H34N8. The normalized spacial score (nSPS) is 10.3. The standard InChI is InChI=1S/C20H14N4.4C5H5N/c1-2-14-10-16-5-6-18(23-16)12-20-8-7-19(24-20)11-17-4-3-15(22-17)9-13(1)21-14;4*1-2-4-6-5-3-1/h1-12,21-22H;4*1-5H. The second-order valence-electron chi connectivity index (χ2n) is 10.0. The van der Waals surface area contributed by atoms with Crippen molar-refractivity contribution < 1.29 is 0 Å². The smallest absolute Gasteiger partial charge is 0.0659 e. The maximum absolute atomic E-state index is 4.62. The number of pyridine rings is 4. The molecule has 0 amide bonds. The first-order valence-corrected chi connectivity index (χ1v) is 15.2. The van der Waals surface area contributed by atoms with Crippen molar-refractivity contribution in [3.05, 3.63) is 194 Å². The Morgan fingerprint density at radius 3 is 0.812 bits per heavy atom. The van der Waals surface area contributed by atoms with Gasteiger partial charge in [-0.15, -0.1) is 0 Å². The summed E-state index contributed by atoms with van der Waals surface area (Å²) in [6.07, 6.45) is 22.0. The molecule has 8 bridgehead atoms. The van der Waals surface area contributed by atoms with E-state index in [-0.39, 0.29) is 0 Å². The number of nitrogens with zero attached hydrogens (tertiary/aromatic N) is 6. The lowest BCUT2D eigenvalue weighted by molar-refractivity contribution is 1.28. The van der Waals surface area contributed by atoms with Crippen molar-refractivity contribution in [2.24, 2.45) is 0 Å². The van der Waals surface area contributed by atoms with Crippen LogP contribution in [0.2, 0.25) is 0 Å². The molecule has 8 heteroatoms. The van der Waals surface area contributed by atoms with E-state index < -0.39 is 0 Å². The van der Waals surface area contributed by atoms with Gasteiger partial charge in [-0.2, -0.15) is 0 Å². The lowest BCUT2D eigenvalue weighted by Gasteiger charge is -1.86. The molecule has 0 radical (unpaired) electrons. The van der Waals surface area contributed by atoms with Gasteiger partial charge in [0, 0.05) is 71.6 Å². The lowest BCUT2D eigenvalue weighted by Crippen LogP contribution is -1.77. The minimum absolute atomic E-state index is 0.915. The van der Waals surface area contributed by atoms with Gasteiger partial charge in [-0.25, -0.2) is 9.97 Å². The first-order chi connectivity index (χ1) is 23.8. The number of fused-ring (bicyclic) bond motifs is 8. The van der Waals surface area contributed by atoms with E-state index in [1.165, 1.54) is 0 Å². The molecule has 0 aromatic carbocycles. The summed E-state index contributed by atoms with van der Waals surface area (Å²) < 4.78 is 0. The summed E-state index contributed by atoms with van der Waals surface area (Å²) in [5.41, 5.74) is 7.86. The zero-order valence-corrected chi connectivity index (χ0v) is 26.2. The van der Waals surface area contributed by atoms with Gasteiger partial charge in [0.15, 0.2) is 0 Å². The van der Waals surface area contributed by atoms with Gasteiger partial charge in [-0.3, -0.25) is 19.9 Å². The van der Waals surface area contributed by atoms with Crippen LogP contribution in [0.3, 0.4) is 0 Å². The Kier molecular flexibility index (Phi) is 12.8. The van der Waals surface area contributed by atoms with Gasteiger partial charge in [0.1, 0.15) is 0 Å². The topological polar surface area (TPSA) is 109 Å². The van der Waals surface area contributed by atoms with Crippen LogP contribution in [0.4, 0.5) is 0 Å². The maximum Gasteiger partial charge on any atom is 0.0659 e. The van der Waals surface area contributed by atoms with Crippen LogP contribution in [0.15, 0.2) is 171 Å². The lowest BCUT2D eigenvalue weighted by atomic mass is 10.3. The van der Waals surface area contributed by atoms with E-state index in [4.69, 9.17) is 0 Å². The molecule has 9 heterocycles. The fraction of sp³-hybridized carbons (Fsp3) is 0. The van der Waals surface area contributed by atoms with Gasteiger partial charge in [-0.1, -0.05) is 24.3 Å². The monoisotopic (exact) mass is 626 g/mol. The fourth-order valence-corrected chi connectivity index (χ4v) is 4.19. The molecule has 0 spiro atoms. The van der Waals surface area contributed by atoms with E-state index in [1.807, 2.05) is 115 Å². The molecule has 0 atom stereocenters. The molecule has 7 aromatic rings. The average molecular weight is 627 g/mol. The van der Waals surface area contributed by atoms with Gasteiger partial charge in [0.2, 0.25) is 0 Å². The molecule has 8 nitrogen and oxygen atoms in total. The maximum atomic E-state index is 4.62. The Labute approximate surface area is 279 Å². The molecule has 0 fully saturated rings.